The predicted octanol–water partition coefficient (Wildman–Crippen LogP) is 4.26. The van der Waals surface area contributed by atoms with E-state index < -0.39 is 0 Å². The minimum absolute atomic E-state index is 0.113. The standard InChI is InChI=1S/C15H15Cl2NO2/c1-10-13(6-8-20-10)15(19)18-7-2-3-11-4-5-12(16)9-14(11)17/h4-6,8-9H,2-3,7H2,1H3,(H,18,19). The molecular formula is C15H15Cl2NO2. The molecule has 20 heavy (non-hydrogen) atoms. The Morgan fingerprint density at radius 3 is 2.75 bits per heavy atom. The summed E-state index contributed by atoms with van der Waals surface area (Å²) in [5, 5.41) is 4.15. The zero-order chi connectivity index (χ0) is 14.5. The third kappa shape index (κ3) is 3.78. The largest absolute Gasteiger partial charge is 0.469 e. The highest BCUT2D eigenvalue weighted by Crippen LogP contribution is 2.21. The normalized spacial score (nSPS) is 10.6. The lowest BCUT2D eigenvalue weighted by atomic mass is 10.1. The molecule has 0 unspecified atom stereocenters. The number of hydrogen-bond acceptors (Lipinski definition) is 2. The van der Waals surface area contributed by atoms with Crippen LogP contribution in [0.1, 0.15) is 28.1 Å². The number of carbonyl (C=O) groups is 1. The van der Waals surface area contributed by atoms with Gasteiger partial charge in [-0.2, -0.15) is 0 Å². The summed E-state index contributed by atoms with van der Waals surface area (Å²) in [5.74, 6) is 0.515. The van der Waals surface area contributed by atoms with E-state index in [2.05, 4.69) is 5.32 Å². The molecule has 0 fully saturated rings. The average Bonchev–Trinajstić information content (AvgIpc) is 2.83. The molecule has 1 amide bonds. The molecule has 0 aliphatic rings. The summed E-state index contributed by atoms with van der Waals surface area (Å²) in [6.45, 7) is 2.35. The molecular weight excluding hydrogens is 297 g/mol. The second-order valence-electron chi connectivity index (χ2n) is 4.49. The number of benzene rings is 1. The van der Waals surface area contributed by atoms with Crippen molar-refractivity contribution in [2.75, 3.05) is 6.54 Å². The molecule has 2 aromatic rings. The van der Waals surface area contributed by atoms with Crippen molar-refractivity contribution in [2.45, 2.75) is 19.8 Å². The molecule has 0 saturated heterocycles. The van der Waals surface area contributed by atoms with Gasteiger partial charge in [-0.05, 0) is 43.5 Å². The first kappa shape index (κ1) is 14.9. The van der Waals surface area contributed by atoms with Crippen LogP contribution in [0.2, 0.25) is 10.0 Å². The SMILES string of the molecule is Cc1occc1C(=O)NCCCc1ccc(Cl)cc1Cl. The van der Waals surface area contributed by atoms with E-state index in [-0.39, 0.29) is 5.91 Å². The van der Waals surface area contributed by atoms with Crippen LogP contribution in [0, 0.1) is 6.92 Å². The number of hydrogen-bond donors (Lipinski definition) is 1. The smallest absolute Gasteiger partial charge is 0.254 e. The minimum atomic E-state index is -0.113. The quantitative estimate of drug-likeness (QED) is 0.838. The highest BCUT2D eigenvalue weighted by Gasteiger charge is 2.10. The van der Waals surface area contributed by atoms with Gasteiger partial charge in [-0.15, -0.1) is 0 Å². The van der Waals surface area contributed by atoms with Crippen LogP contribution in [0.15, 0.2) is 34.9 Å². The minimum Gasteiger partial charge on any atom is -0.469 e. The lowest BCUT2D eigenvalue weighted by Crippen LogP contribution is -2.24. The highest BCUT2D eigenvalue weighted by molar-refractivity contribution is 6.35. The third-order valence-electron chi connectivity index (χ3n) is 3.03. The van der Waals surface area contributed by atoms with Crippen LogP contribution >= 0.6 is 23.2 Å². The second kappa shape index (κ2) is 6.82. The van der Waals surface area contributed by atoms with E-state index in [0.717, 1.165) is 18.4 Å². The second-order valence-corrected chi connectivity index (χ2v) is 5.33. The van der Waals surface area contributed by atoms with Crippen LogP contribution in [-0.4, -0.2) is 12.5 Å². The van der Waals surface area contributed by atoms with Gasteiger partial charge >= 0.3 is 0 Å². The molecule has 3 nitrogen and oxygen atoms in total. The van der Waals surface area contributed by atoms with Crippen molar-refractivity contribution in [2.24, 2.45) is 0 Å². The van der Waals surface area contributed by atoms with E-state index in [9.17, 15) is 4.79 Å². The molecule has 0 aliphatic carbocycles. The molecule has 1 heterocycles. The number of halogens is 2. The molecule has 2 rings (SSSR count). The summed E-state index contributed by atoms with van der Waals surface area (Å²) >= 11 is 11.9. The van der Waals surface area contributed by atoms with Crippen molar-refractivity contribution in [3.8, 4) is 0 Å². The Balaban J connectivity index is 1.79. The summed E-state index contributed by atoms with van der Waals surface area (Å²) in [4.78, 5) is 11.8. The first-order chi connectivity index (χ1) is 9.58. The van der Waals surface area contributed by atoms with E-state index in [1.807, 2.05) is 12.1 Å². The zero-order valence-electron chi connectivity index (χ0n) is 11.1. The van der Waals surface area contributed by atoms with Crippen LogP contribution in [-0.2, 0) is 6.42 Å². The maximum atomic E-state index is 11.8. The van der Waals surface area contributed by atoms with Gasteiger partial charge in [-0.1, -0.05) is 29.3 Å². The number of amides is 1. The average molecular weight is 312 g/mol. The number of nitrogens with one attached hydrogen (secondary N) is 1. The van der Waals surface area contributed by atoms with Crippen LogP contribution in [0.5, 0.6) is 0 Å². The highest BCUT2D eigenvalue weighted by atomic mass is 35.5. The summed E-state index contributed by atoms with van der Waals surface area (Å²) in [6.07, 6.45) is 3.11. The number of rotatable bonds is 5. The number of carbonyl (C=O) groups excluding carboxylic acids is 1. The van der Waals surface area contributed by atoms with Gasteiger partial charge in [-0.25, -0.2) is 0 Å². The molecule has 0 saturated carbocycles. The topological polar surface area (TPSA) is 42.2 Å². The van der Waals surface area contributed by atoms with Gasteiger partial charge in [0.2, 0.25) is 0 Å². The zero-order valence-corrected chi connectivity index (χ0v) is 12.6. The van der Waals surface area contributed by atoms with E-state index in [1.165, 1.54) is 6.26 Å². The van der Waals surface area contributed by atoms with Crippen molar-refractivity contribution in [1.82, 2.24) is 5.32 Å². The molecule has 0 aliphatic heterocycles. The van der Waals surface area contributed by atoms with E-state index in [0.29, 0.717) is 27.9 Å². The monoisotopic (exact) mass is 311 g/mol. The Bertz CT molecular complexity index is 608. The first-order valence-electron chi connectivity index (χ1n) is 6.34. The van der Waals surface area contributed by atoms with Crippen molar-refractivity contribution < 1.29 is 9.21 Å². The fraction of sp³-hybridized carbons (Fsp3) is 0.267. The van der Waals surface area contributed by atoms with Gasteiger partial charge in [0.1, 0.15) is 5.76 Å². The fourth-order valence-corrected chi connectivity index (χ4v) is 2.42. The first-order valence-corrected chi connectivity index (χ1v) is 7.09. The maximum Gasteiger partial charge on any atom is 0.254 e. The predicted molar refractivity (Wildman–Crippen MR) is 80.6 cm³/mol. The van der Waals surface area contributed by atoms with Gasteiger partial charge in [0, 0.05) is 16.6 Å². The Hall–Kier alpha value is -1.45. The van der Waals surface area contributed by atoms with Crippen molar-refractivity contribution >= 4 is 29.1 Å². The lowest BCUT2D eigenvalue weighted by Gasteiger charge is -2.06. The van der Waals surface area contributed by atoms with Crippen LogP contribution in [0.4, 0.5) is 0 Å². The lowest BCUT2D eigenvalue weighted by molar-refractivity contribution is 0.0951. The molecule has 0 spiro atoms. The molecule has 1 aromatic carbocycles. The van der Waals surface area contributed by atoms with Crippen LogP contribution < -0.4 is 5.32 Å². The summed E-state index contributed by atoms with van der Waals surface area (Å²) in [7, 11) is 0. The van der Waals surface area contributed by atoms with E-state index in [1.54, 1.807) is 19.1 Å². The van der Waals surface area contributed by atoms with E-state index >= 15 is 0 Å². The molecule has 5 heteroatoms. The van der Waals surface area contributed by atoms with Crippen molar-refractivity contribution in [3.05, 3.63) is 57.5 Å². The Labute approximate surface area is 127 Å². The molecule has 0 atom stereocenters. The molecule has 1 N–H and O–H groups in total. The van der Waals surface area contributed by atoms with Crippen LogP contribution in [0.25, 0.3) is 0 Å². The molecule has 106 valence electrons. The van der Waals surface area contributed by atoms with Crippen molar-refractivity contribution in [3.63, 3.8) is 0 Å². The third-order valence-corrected chi connectivity index (χ3v) is 3.61. The summed E-state index contributed by atoms with van der Waals surface area (Å²) in [6, 6.07) is 7.12. The fourth-order valence-electron chi connectivity index (χ4n) is 1.92. The van der Waals surface area contributed by atoms with Gasteiger partial charge < -0.3 is 9.73 Å². The van der Waals surface area contributed by atoms with Gasteiger partial charge in [0.05, 0.1) is 11.8 Å². The van der Waals surface area contributed by atoms with Gasteiger partial charge in [0.15, 0.2) is 0 Å². The summed E-state index contributed by atoms with van der Waals surface area (Å²) in [5.41, 5.74) is 1.61. The van der Waals surface area contributed by atoms with E-state index in [4.69, 9.17) is 27.6 Å². The molecule has 1 aromatic heterocycles. The Kier molecular flexibility index (Phi) is 5.10. The summed E-state index contributed by atoms with van der Waals surface area (Å²) < 4.78 is 5.10. The molecule has 0 bridgehead atoms. The Morgan fingerprint density at radius 2 is 2.10 bits per heavy atom. The van der Waals surface area contributed by atoms with Gasteiger partial charge in [0.25, 0.3) is 5.91 Å². The number of furan rings is 1. The van der Waals surface area contributed by atoms with Crippen molar-refractivity contribution in [1.29, 1.82) is 0 Å². The van der Waals surface area contributed by atoms with Crippen LogP contribution in [0.3, 0.4) is 0 Å². The Morgan fingerprint density at radius 1 is 1.30 bits per heavy atom. The number of aryl methyl sites for hydroxylation is 2. The van der Waals surface area contributed by atoms with Gasteiger partial charge in [-0.3, -0.25) is 4.79 Å². The maximum absolute atomic E-state index is 11.8. The molecule has 0 radical (unpaired) electrons.